The third-order valence-corrected chi connectivity index (χ3v) is 6.40. The van der Waals surface area contributed by atoms with E-state index >= 15 is 0 Å². The van der Waals surface area contributed by atoms with Crippen molar-refractivity contribution in [2.45, 2.75) is 33.1 Å². The minimum Gasteiger partial charge on any atom is -0.357 e. The van der Waals surface area contributed by atoms with Crippen molar-refractivity contribution < 1.29 is 8.42 Å². The molecule has 1 aliphatic rings. The zero-order valence-corrected chi connectivity index (χ0v) is 19.0. The largest absolute Gasteiger partial charge is 0.357 e. The topological polar surface area (TPSA) is 61.8 Å². The number of piperidine rings is 1. The van der Waals surface area contributed by atoms with Crippen LogP contribution in [0.4, 0.5) is 0 Å². The molecule has 26 heavy (non-hydrogen) atoms. The van der Waals surface area contributed by atoms with Gasteiger partial charge < -0.3 is 10.2 Å². The normalized spacial score (nSPS) is 16.2. The van der Waals surface area contributed by atoms with Gasteiger partial charge in [-0.2, -0.15) is 0 Å². The lowest BCUT2D eigenvalue weighted by molar-refractivity contribution is 0.259. The molecule has 0 radical (unpaired) electrons. The number of benzene rings is 1. The molecular weight excluding hydrogens is 461 g/mol. The summed E-state index contributed by atoms with van der Waals surface area (Å²) in [5.41, 5.74) is 1.41. The van der Waals surface area contributed by atoms with Gasteiger partial charge in [-0.25, -0.2) is 8.42 Å². The SMILES string of the molecule is CCNC(=NCCS(=O)(=O)CC)N1CCC(Cc2ccccc2)CC1.I. The van der Waals surface area contributed by atoms with E-state index in [9.17, 15) is 8.42 Å². The van der Waals surface area contributed by atoms with Crippen LogP contribution in [0.5, 0.6) is 0 Å². The predicted molar refractivity (Wildman–Crippen MR) is 120 cm³/mol. The van der Waals surface area contributed by atoms with Gasteiger partial charge in [-0.05, 0) is 37.7 Å². The Morgan fingerprint density at radius 3 is 2.42 bits per heavy atom. The number of rotatable bonds is 7. The Morgan fingerprint density at radius 1 is 1.19 bits per heavy atom. The van der Waals surface area contributed by atoms with E-state index in [1.165, 1.54) is 5.56 Å². The number of guanidine groups is 1. The van der Waals surface area contributed by atoms with E-state index in [1.54, 1.807) is 6.92 Å². The average molecular weight is 493 g/mol. The number of aliphatic imine (C=N–C) groups is 1. The van der Waals surface area contributed by atoms with Crippen LogP contribution >= 0.6 is 24.0 Å². The Hall–Kier alpha value is -0.830. The molecule has 1 aromatic carbocycles. The molecule has 1 heterocycles. The molecule has 148 valence electrons. The lowest BCUT2D eigenvalue weighted by Gasteiger charge is -2.34. The van der Waals surface area contributed by atoms with Crippen molar-refractivity contribution in [3.8, 4) is 0 Å². The van der Waals surface area contributed by atoms with Crippen LogP contribution in [0.25, 0.3) is 0 Å². The number of hydrogen-bond donors (Lipinski definition) is 1. The van der Waals surface area contributed by atoms with Gasteiger partial charge in [0.15, 0.2) is 15.8 Å². The Bertz CT molecular complexity index is 642. The number of likely N-dealkylation sites (tertiary alicyclic amines) is 1. The Kier molecular flexibility index (Phi) is 10.5. The fourth-order valence-electron chi connectivity index (χ4n) is 3.16. The Balaban J connectivity index is 0.00000338. The van der Waals surface area contributed by atoms with E-state index < -0.39 is 9.84 Å². The van der Waals surface area contributed by atoms with Gasteiger partial charge in [-0.1, -0.05) is 37.3 Å². The molecule has 1 N–H and O–H groups in total. The molecule has 0 bridgehead atoms. The number of nitrogens with zero attached hydrogens (tertiary/aromatic N) is 2. The first kappa shape index (κ1) is 23.2. The maximum absolute atomic E-state index is 11.6. The molecule has 0 aromatic heterocycles. The van der Waals surface area contributed by atoms with E-state index in [4.69, 9.17) is 0 Å². The van der Waals surface area contributed by atoms with Crippen molar-refractivity contribution in [2.24, 2.45) is 10.9 Å². The monoisotopic (exact) mass is 493 g/mol. The summed E-state index contributed by atoms with van der Waals surface area (Å²) in [7, 11) is -2.96. The zero-order valence-electron chi connectivity index (χ0n) is 15.9. The van der Waals surface area contributed by atoms with Crippen LogP contribution < -0.4 is 5.32 Å². The van der Waals surface area contributed by atoms with Crippen LogP contribution in [0.15, 0.2) is 35.3 Å². The smallest absolute Gasteiger partial charge is 0.193 e. The van der Waals surface area contributed by atoms with Crippen molar-refractivity contribution in [3.05, 3.63) is 35.9 Å². The number of sulfone groups is 1. The van der Waals surface area contributed by atoms with Crippen LogP contribution in [-0.2, 0) is 16.3 Å². The lowest BCUT2D eigenvalue weighted by atomic mass is 9.90. The van der Waals surface area contributed by atoms with E-state index in [0.717, 1.165) is 44.9 Å². The fraction of sp³-hybridized carbons (Fsp3) is 0.632. The maximum Gasteiger partial charge on any atom is 0.193 e. The molecular formula is C19H32IN3O2S. The molecule has 5 nitrogen and oxygen atoms in total. The van der Waals surface area contributed by atoms with Crippen molar-refractivity contribution in [1.29, 1.82) is 0 Å². The minimum atomic E-state index is -2.96. The van der Waals surface area contributed by atoms with Crippen LogP contribution in [0.3, 0.4) is 0 Å². The molecule has 1 aliphatic heterocycles. The highest BCUT2D eigenvalue weighted by Gasteiger charge is 2.21. The summed E-state index contributed by atoms with van der Waals surface area (Å²) < 4.78 is 23.3. The fourth-order valence-corrected chi connectivity index (χ4v) is 3.82. The second-order valence-corrected chi connectivity index (χ2v) is 9.06. The zero-order chi connectivity index (χ0) is 18.1. The molecule has 0 unspecified atom stereocenters. The molecule has 0 spiro atoms. The second kappa shape index (κ2) is 11.8. The van der Waals surface area contributed by atoms with Gasteiger partial charge in [-0.15, -0.1) is 24.0 Å². The van der Waals surface area contributed by atoms with Gasteiger partial charge in [0.05, 0.1) is 12.3 Å². The van der Waals surface area contributed by atoms with Crippen LogP contribution in [0, 0.1) is 5.92 Å². The van der Waals surface area contributed by atoms with E-state index in [1.807, 2.05) is 6.92 Å². The molecule has 0 amide bonds. The molecule has 2 rings (SSSR count). The summed E-state index contributed by atoms with van der Waals surface area (Å²) in [4.78, 5) is 6.80. The molecule has 7 heteroatoms. The van der Waals surface area contributed by atoms with Crippen molar-refractivity contribution in [1.82, 2.24) is 10.2 Å². The first-order valence-electron chi connectivity index (χ1n) is 9.31. The van der Waals surface area contributed by atoms with Gasteiger partial charge in [0.1, 0.15) is 0 Å². The van der Waals surface area contributed by atoms with Crippen molar-refractivity contribution >= 4 is 39.8 Å². The number of nitrogens with one attached hydrogen (secondary N) is 1. The summed E-state index contributed by atoms with van der Waals surface area (Å²) in [6.45, 7) is 6.81. The number of halogens is 1. The van der Waals surface area contributed by atoms with Gasteiger partial charge in [-0.3, -0.25) is 4.99 Å². The van der Waals surface area contributed by atoms with Gasteiger partial charge >= 0.3 is 0 Å². The van der Waals surface area contributed by atoms with Gasteiger partial charge in [0.25, 0.3) is 0 Å². The number of hydrogen-bond acceptors (Lipinski definition) is 3. The average Bonchev–Trinajstić information content (AvgIpc) is 2.62. The van der Waals surface area contributed by atoms with Crippen LogP contribution in [0.2, 0.25) is 0 Å². The highest BCUT2D eigenvalue weighted by molar-refractivity contribution is 14.0. The van der Waals surface area contributed by atoms with Crippen molar-refractivity contribution in [3.63, 3.8) is 0 Å². The lowest BCUT2D eigenvalue weighted by Crippen LogP contribution is -2.46. The Labute approximate surface area is 175 Å². The molecule has 1 fully saturated rings. The quantitative estimate of drug-likeness (QED) is 0.361. The molecule has 1 saturated heterocycles. The standard InChI is InChI=1S/C19H31N3O2S.HI/c1-3-20-19(21-12-15-25(23,24)4-2)22-13-10-18(11-14-22)16-17-8-6-5-7-9-17;/h5-9,18H,3-4,10-16H2,1-2H3,(H,20,21);1H. The summed E-state index contributed by atoms with van der Waals surface area (Å²) in [5, 5.41) is 3.30. The molecule has 0 atom stereocenters. The van der Waals surface area contributed by atoms with Crippen LogP contribution in [0.1, 0.15) is 32.3 Å². The first-order valence-corrected chi connectivity index (χ1v) is 11.1. The first-order chi connectivity index (χ1) is 12.0. The summed E-state index contributed by atoms with van der Waals surface area (Å²) in [6.07, 6.45) is 3.43. The predicted octanol–water partition coefficient (Wildman–Crippen LogP) is 2.96. The van der Waals surface area contributed by atoms with E-state index in [2.05, 4.69) is 45.5 Å². The third-order valence-electron chi connectivity index (χ3n) is 4.72. The van der Waals surface area contributed by atoms with Gasteiger partial charge in [0, 0.05) is 25.4 Å². The van der Waals surface area contributed by atoms with E-state index in [0.29, 0.717) is 12.5 Å². The highest BCUT2D eigenvalue weighted by Crippen LogP contribution is 2.21. The van der Waals surface area contributed by atoms with Crippen molar-refractivity contribution in [2.75, 3.05) is 37.7 Å². The van der Waals surface area contributed by atoms with Gasteiger partial charge in [0.2, 0.25) is 0 Å². The minimum absolute atomic E-state index is 0. The summed E-state index contributed by atoms with van der Waals surface area (Å²) in [5.74, 6) is 1.88. The van der Waals surface area contributed by atoms with Crippen LogP contribution in [-0.4, -0.2) is 57.0 Å². The highest BCUT2D eigenvalue weighted by atomic mass is 127. The third kappa shape index (κ3) is 7.82. The Morgan fingerprint density at radius 2 is 1.85 bits per heavy atom. The maximum atomic E-state index is 11.6. The molecule has 1 aromatic rings. The summed E-state index contributed by atoms with van der Waals surface area (Å²) in [6, 6.07) is 10.7. The summed E-state index contributed by atoms with van der Waals surface area (Å²) >= 11 is 0. The molecule has 0 saturated carbocycles. The van der Waals surface area contributed by atoms with E-state index in [-0.39, 0.29) is 35.5 Å². The second-order valence-electron chi connectivity index (χ2n) is 6.59. The molecule has 0 aliphatic carbocycles.